The third-order valence-electron chi connectivity index (χ3n) is 2.60. The van der Waals surface area contributed by atoms with Crippen molar-refractivity contribution in [1.29, 1.82) is 0 Å². The first-order chi connectivity index (χ1) is 7.97. The molecule has 0 radical (unpaired) electrons. The van der Waals surface area contributed by atoms with Crippen LogP contribution in [0.1, 0.15) is 26.2 Å². The molecule has 17 heavy (non-hydrogen) atoms. The van der Waals surface area contributed by atoms with Gasteiger partial charge in [0, 0.05) is 13.2 Å². The lowest BCUT2D eigenvalue weighted by atomic mass is 10.1. The summed E-state index contributed by atoms with van der Waals surface area (Å²) in [5.74, 6) is 0. The van der Waals surface area contributed by atoms with Gasteiger partial charge >= 0.3 is 6.18 Å². The average molecular weight is 255 g/mol. The van der Waals surface area contributed by atoms with Gasteiger partial charge < -0.3 is 14.8 Å². The molecule has 0 aromatic rings. The van der Waals surface area contributed by atoms with Crippen molar-refractivity contribution in [3.05, 3.63) is 0 Å². The number of rotatable bonds is 6. The van der Waals surface area contributed by atoms with E-state index in [1.807, 2.05) is 0 Å². The Hall–Kier alpha value is -0.330. The van der Waals surface area contributed by atoms with Gasteiger partial charge in [-0.1, -0.05) is 0 Å². The second-order valence-electron chi connectivity index (χ2n) is 4.38. The number of alkyl halides is 3. The summed E-state index contributed by atoms with van der Waals surface area (Å²) in [6, 6.07) is 0. The average Bonchev–Trinajstić information content (AvgIpc) is 2.26. The number of ether oxygens (including phenoxy) is 2. The van der Waals surface area contributed by atoms with Crippen LogP contribution in [0, 0.1) is 0 Å². The monoisotopic (exact) mass is 255 g/mol. The molecule has 0 amide bonds. The molecule has 1 aliphatic rings. The van der Waals surface area contributed by atoms with E-state index in [1.165, 1.54) is 0 Å². The molecular weight excluding hydrogens is 235 g/mol. The van der Waals surface area contributed by atoms with E-state index in [-0.39, 0.29) is 18.8 Å². The molecule has 3 nitrogen and oxygen atoms in total. The van der Waals surface area contributed by atoms with Crippen LogP contribution < -0.4 is 5.32 Å². The van der Waals surface area contributed by atoms with Gasteiger partial charge in [0.15, 0.2) is 0 Å². The molecule has 1 fully saturated rings. The van der Waals surface area contributed by atoms with Crippen LogP contribution in [0.4, 0.5) is 13.2 Å². The number of hydrogen-bond donors (Lipinski definition) is 1. The fourth-order valence-corrected chi connectivity index (χ4v) is 1.69. The first kappa shape index (κ1) is 14.7. The minimum absolute atomic E-state index is 0.105. The molecule has 6 heteroatoms. The van der Waals surface area contributed by atoms with E-state index < -0.39 is 12.7 Å². The Morgan fingerprint density at radius 2 is 2.18 bits per heavy atom. The maximum atomic E-state index is 11.9. The van der Waals surface area contributed by atoms with Crippen molar-refractivity contribution in [2.75, 3.05) is 26.3 Å². The van der Waals surface area contributed by atoms with Crippen molar-refractivity contribution in [2.24, 2.45) is 0 Å². The van der Waals surface area contributed by atoms with E-state index in [9.17, 15) is 13.2 Å². The van der Waals surface area contributed by atoms with Gasteiger partial charge in [0.1, 0.15) is 0 Å². The van der Waals surface area contributed by atoms with Gasteiger partial charge in [-0.25, -0.2) is 0 Å². The fourth-order valence-electron chi connectivity index (χ4n) is 1.69. The first-order valence-corrected chi connectivity index (χ1v) is 5.98. The summed E-state index contributed by atoms with van der Waals surface area (Å²) in [6.45, 7) is 2.21. The molecule has 1 aliphatic heterocycles. The van der Waals surface area contributed by atoms with Crippen LogP contribution in [0.25, 0.3) is 0 Å². The molecule has 0 bridgehead atoms. The molecule has 0 saturated carbocycles. The summed E-state index contributed by atoms with van der Waals surface area (Å²) in [5.41, 5.74) is 0. The lowest BCUT2D eigenvalue weighted by Gasteiger charge is -2.24. The van der Waals surface area contributed by atoms with Crippen LogP contribution in [0.15, 0.2) is 0 Å². The number of hydrogen-bond acceptors (Lipinski definition) is 3. The highest BCUT2D eigenvalue weighted by molar-refractivity contribution is 4.65. The van der Waals surface area contributed by atoms with Gasteiger partial charge in [0.25, 0.3) is 0 Å². The smallest absolute Gasteiger partial charge is 0.376 e. The van der Waals surface area contributed by atoms with E-state index in [4.69, 9.17) is 9.47 Å². The zero-order valence-corrected chi connectivity index (χ0v) is 10.1. The standard InChI is InChI=1S/C11H20F3NO2/c1-9(6-15-8-11(12,13)14)17-7-10-4-2-3-5-16-10/h9-10,15H,2-8H2,1H3. The molecular formula is C11H20F3NO2. The molecule has 0 spiro atoms. The van der Waals surface area contributed by atoms with E-state index >= 15 is 0 Å². The zero-order chi connectivity index (χ0) is 12.7. The maximum Gasteiger partial charge on any atom is 0.401 e. The molecule has 1 N–H and O–H groups in total. The summed E-state index contributed by atoms with van der Waals surface area (Å²) in [4.78, 5) is 0. The minimum atomic E-state index is -4.16. The van der Waals surface area contributed by atoms with Gasteiger partial charge in [0.05, 0.1) is 25.4 Å². The SMILES string of the molecule is CC(CNCC(F)(F)F)OCC1CCCCO1. The highest BCUT2D eigenvalue weighted by Gasteiger charge is 2.26. The molecule has 2 atom stereocenters. The van der Waals surface area contributed by atoms with E-state index in [2.05, 4.69) is 5.32 Å². The predicted molar refractivity (Wildman–Crippen MR) is 57.9 cm³/mol. The van der Waals surface area contributed by atoms with E-state index in [0.717, 1.165) is 25.9 Å². The maximum absolute atomic E-state index is 11.9. The lowest BCUT2D eigenvalue weighted by molar-refractivity contribution is -0.126. The molecule has 0 aromatic heterocycles. The van der Waals surface area contributed by atoms with Crippen molar-refractivity contribution in [2.45, 2.75) is 44.6 Å². The van der Waals surface area contributed by atoms with E-state index in [1.54, 1.807) is 6.92 Å². The Balaban J connectivity index is 2.02. The van der Waals surface area contributed by atoms with Crippen LogP contribution in [-0.4, -0.2) is 44.7 Å². The quantitative estimate of drug-likeness (QED) is 0.788. The van der Waals surface area contributed by atoms with Crippen LogP contribution >= 0.6 is 0 Å². The predicted octanol–water partition coefficient (Wildman–Crippen LogP) is 2.11. The largest absolute Gasteiger partial charge is 0.401 e. The number of nitrogens with one attached hydrogen (secondary N) is 1. The van der Waals surface area contributed by atoms with Crippen LogP contribution in [-0.2, 0) is 9.47 Å². The summed E-state index contributed by atoms with van der Waals surface area (Å²) in [5, 5.41) is 2.32. The fraction of sp³-hybridized carbons (Fsp3) is 1.00. The number of halogens is 3. The Bertz CT molecular complexity index is 205. The summed E-state index contributed by atoms with van der Waals surface area (Å²) in [6.07, 6.45) is -1.10. The van der Waals surface area contributed by atoms with Crippen molar-refractivity contribution < 1.29 is 22.6 Å². The first-order valence-electron chi connectivity index (χ1n) is 5.98. The highest BCUT2D eigenvalue weighted by Crippen LogP contribution is 2.14. The van der Waals surface area contributed by atoms with Crippen LogP contribution in [0.5, 0.6) is 0 Å². The highest BCUT2D eigenvalue weighted by atomic mass is 19.4. The normalized spacial score (nSPS) is 23.6. The van der Waals surface area contributed by atoms with Crippen molar-refractivity contribution >= 4 is 0 Å². The molecule has 1 rings (SSSR count). The summed E-state index contributed by atoms with van der Waals surface area (Å²) < 4.78 is 46.5. The second-order valence-corrected chi connectivity index (χ2v) is 4.38. The Labute approximate surface area is 99.7 Å². The van der Waals surface area contributed by atoms with Gasteiger partial charge in [0.2, 0.25) is 0 Å². The van der Waals surface area contributed by atoms with Crippen molar-refractivity contribution in [3.63, 3.8) is 0 Å². The molecule has 1 saturated heterocycles. The minimum Gasteiger partial charge on any atom is -0.376 e. The van der Waals surface area contributed by atoms with Crippen molar-refractivity contribution in [1.82, 2.24) is 5.32 Å². The molecule has 2 unspecified atom stereocenters. The summed E-state index contributed by atoms with van der Waals surface area (Å²) in [7, 11) is 0. The van der Waals surface area contributed by atoms with Gasteiger partial charge in [-0.3, -0.25) is 0 Å². The Morgan fingerprint density at radius 1 is 1.41 bits per heavy atom. The third-order valence-corrected chi connectivity index (χ3v) is 2.60. The molecule has 0 aliphatic carbocycles. The Morgan fingerprint density at radius 3 is 2.76 bits per heavy atom. The third kappa shape index (κ3) is 7.57. The lowest BCUT2D eigenvalue weighted by Crippen LogP contribution is -2.36. The van der Waals surface area contributed by atoms with Crippen LogP contribution in [0.2, 0.25) is 0 Å². The van der Waals surface area contributed by atoms with E-state index in [0.29, 0.717) is 6.61 Å². The van der Waals surface area contributed by atoms with Gasteiger partial charge in [-0.05, 0) is 26.2 Å². The second kappa shape index (κ2) is 7.18. The van der Waals surface area contributed by atoms with Gasteiger partial charge in [-0.2, -0.15) is 13.2 Å². The molecule has 102 valence electrons. The van der Waals surface area contributed by atoms with Gasteiger partial charge in [-0.15, -0.1) is 0 Å². The Kier molecular flexibility index (Phi) is 6.22. The summed E-state index contributed by atoms with van der Waals surface area (Å²) >= 11 is 0. The van der Waals surface area contributed by atoms with Crippen LogP contribution in [0.3, 0.4) is 0 Å². The zero-order valence-electron chi connectivity index (χ0n) is 10.1. The van der Waals surface area contributed by atoms with Crippen molar-refractivity contribution in [3.8, 4) is 0 Å². The topological polar surface area (TPSA) is 30.5 Å². The molecule has 0 aromatic carbocycles. The molecule has 1 heterocycles.